The van der Waals surface area contributed by atoms with E-state index in [1.54, 1.807) is 19.9 Å². The Hall–Kier alpha value is -2.65. The van der Waals surface area contributed by atoms with Crippen molar-refractivity contribution < 1.29 is 14.6 Å². The second-order valence-electron chi connectivity index (χ2n) is 7.91. The van der Waals surface area contributed by atoms with E-state index < -0.39 is 5.60 Å². The van der Waals surface area contributed by atoms with Crippen molar-refractivity contribution >= 4 is 11.5 Å². The van der Waals surface area contributed by atoms with Gasteiger partial charge in [-0.2, -0.15) is 0 Å². The average molecular weight is 376 g/mol. The molecule has 0 bridgehead atoms. The molecule has 2 aromatic rings. The summed E-state index contributed by atoms with van der Waals surface area (Å²) in [5, 5.41) is 10.5. The number of ether oxygens (including phenoxy) is 1. The monoisotopic (exact) mass is 376 g/mol. The highest BCUT2D eigenvalue weighted by atomic mass is 16.5. The molecule has 0 saturated heterocycles. The number of rotatable bonds is 5. The fraction of sp³-hybridized carbons (Fsp3) is 0.320. The summed E-state index contributed by atoms with van der Waals surface area (Å²) < 4.78 is 5.43. The molecule has 146 valence electrons. The van der Waals surface area contributed by atoms with Crippen LogP contribution in [0, 0.1) is 0 Å². The smallest absolute Gasteiger partial charge is 0.308 e. The van der Waals surface area contributed by atoms with Crippen molar-refractivity contribution in [1.29, 1.82) is 0 Å². The second kappa shape index (κ2) is 8.57. The molecular weight excluding hydrogens is 348 g/mol. The van der Waals surface area contributed by atoms with Gasteiger partial charge in [-0.15, -0.1) is 0 Å². The van der Waals surface area contributed by atoms with Crippen molar-refractivity contribution in [1.82, 2.24) is 0 Å². The Morgan fingerprint density at radius 2 is 1.79 bits per heavy atom. The molecule has 0 aromatic heterocycles. The van der Waals surface area contributed by atoms with Crippen LogP contribution in [0.25, 0.3) is 5.57 Å². The third-order valence-corrected chi connectivity index (χ3v) is 4.96. The first-order valence-corrected chi connectivity index (χ1v) is 9.81. The lowest BCUT2D eigenvalue weighted by Crippen LogP contribution is -2.16. The summed E-state index contributed by atoms with van der Waals surface area (Å²) in [6, 6.07) is 18.1. The third kappa shape index (κ3) is 5.20. The van der Waals surface area contributed by atoms with Crippen LogP contribution < -0.4 is 4.74 Å². The van der Waals surface area contributed by atoms with Crippen molar-refractivity contribution in [2.75, 3.05) is 0 Å². The summed E-state index contributed by atoms with van der Waals surface area (Å²) in [5.41, 5.74) is 3.36. The van der Waals surface area contributed by atoms with E-state index in [9.17, 15) is 9.90 Å². The Morgan fingerprint density at radius 3 is 2.39 bits per heavy atom. The van der Waals surface area contributed by atoms with Gasteiger partial charge in [0.15, 0.2) is 0 Å². The summed E-state index contributed by atoms with van der Waals surface area (Å²) in [6.45, 7) is 4.93. The zero-order chi connectivity index (χ0) is 20.1. The molecule has 0 saturated carbocycles. The summed E-state index contributed by atoms with van der Waals surface area (Å²) >= 11 is 0. The minimum atomic E-state index is -0.976. The highest BCUT2D eigenvalue weighted by Crippen LogP contribution is 2.40. The molecule has 0 aliphatic heterocycles. The SMILES string of the molecule is CC(=O)Oc1ccccc1/C(=C\C(C)(C)O)C1=CCC(c2ccccc2)CC1. The van der Waals surface area contributed by atoms with Crippen LogP contribution >= 0.6 is 0 Å². The van der Waals surface area contributed by atoms with Crippen LogP contribution in [0.1, 0.15) is 57.1 Å². The predicted octanol–water partition coefficient (Wildman–Crippen LogP) is 5.66. The zero-order valence-electron chi connectivity index (χ0n) is 16.8. The second-order valence-corrected chi connectivity index (χ2v) is 7.91. The van der Waals surface area contributed by atoms with Crippen LogP contribution in [0.2, 0.25) is 0 Å². The molecule has 1 aliphatic rings. The molecule has 1 unspecified atom stereocenters. The average Bonchev–Trinajstić information content (AvgIpc) is 2.66. The van der Waals surface area contributed by atoms with Gasteiger partial charge in [0.1, 0.15) is 5.75 Å². The number of para-hydroxylation sites is 1. The Balaban J connectivity index is 1.96. The van der Waals surface area contributed by atoms with E-state index in [0.29, 0.717) is 11.7 Å². The zero-order valence-corrected chi connectivity index (χ0v) is 16.8. The Bertz CT molecular complexity index is 886. The molecule has 3 heteroatoms. The molecule has 1 atom stereocenters. The van der Waals surface area contributed by atoms with Gasteiger partial charge in [0.25, 0.3) is 0 Å². The van der Waals surface area contributed by atoms with E-state index in [0.717, 1.165) is 30.4 Å². The number of esters is 1. The largest absolute Gasteiger partial charge is 0.426 e. The lowest BCUT2D eigenvalue weighted by molar-refractivity contribution is -0.131. The number of allylic oxidation sites excluding steroid dienone is 3. The molecule has 1 N–H and O–H groups in total. The van der Waals surface area contributed by atoms with Crippen molar-refractivity contribution in [3.63, 3.8) is 0 Å². The Labute approximate surface area is 167 Å². The predicted molar refractivity (Wildman–Crippen MR) is 113 cm³/mol. The molecule has 0 fully saturated rings. The van der Waals surface area contributed by atoms with Crippen LogP contribution in [0.15, 0.2) is 72.3 Å². The minimum absolute atomic E-state index is 0.350. The number of carbonyl (C=O) groups excluding carboxylic acids is 1. The van der Waals surface area contributed by atoms with Gasteiger partial charge in [-0.05, 0) is 67.9 Å². The summed E-state index contributed by atoms with van der Waals surface area (Å²) in [4.78, 5) is 11.5. The summed E-state index contributed by atoms with van der Waals surface area (Å²) in [5.74, 6) is 0.686. The van der Waals surface area contributed by atoms with E-state index >= 15 is 0 Å². The number of carbonyl (C=O) groups is 1. The molecule has 0 spiro atoms. The number of hydrogen-bond donors (Lipinski definition) is 1. The molecule has 2 aromatic carbocycles. The van der Waals surface area contributed by atoms with Crippen molar-refractivity contribution in [3.05, 3.63) is 83.4 Å². The molecule has 0 amide bonds. The van der Waals surface area contributed by atoms with Gasteiger partial charge in [-0.25, -0.2) is 0 Å². The lowest BCUT2D eigenvalue weighted by atomic mass is 9.80. The number of hydrogen-bond acceptors (Lipinski definition) is 3. The summed E-state index contributed by atoms with van der Waals surface area (Å²) in [6.07, 6.45) is 7.05. The summed E-state index contributed by atoms with van der Waals surface area (Å²) in [7, 11) is 0. The van der Waals surface area contributed by atoms with E-state index in [-0.39, 0.29) is 5.97 Å². The molecule has 3 nitrogen and oxygen atoms in total. The van der Waals surface area contributed by atoms with Crippen molar-refractivity contribution in [2.24, 2.45) is 0 Å². The maximum atomic E-state index is 11.5. The van der Waals surface area contributed by atoms with E-state index in [1.165, 1.54) is 18.1 Å². The fourth-order valence-corrected chi connectivity index (χ4v) is 3.74. The van der Waals surface area contributed by atoms with Crippen LogP contribution in [-0.2, 0) is 4.79 Å². The first kappa shape index (κ1) is 20.1. The number of aliphatic hydroxyl groups is 1. The Kier molecular flexibility index (Phi) is 6.15. The van der Waals surface area contributed by atoms with Gasteiger partial charge < -0.3 is 9.84 Å². The lowest BCUT2D eigenvalue weighted by Gasteiger charge is -2.26. The van der Waals surface area contributed by atoms with Gasteiger partial charge >= 0.3 is 5.97 Å². The molecule has 0 radical (unpaired) electrons. The fourth-order valence-electron chi connectivity index (χ4n) is 3.74. The Morgan fingerprint density at radius 1 is 1.11 bits per heavy atom. The van der Waals surface area contributed by atoms with Gasteiger partial charge in [0.05, 0.1) is 5.60 Å². The van der Waals surface area contributed by atoms with Crippen molar-refractivity contribution in [3.8, 4) is 5.75 Å². The molecule has 0 heterocycles. The first-order chi connectivity index (χ1) is 13.3. The maximum absolute atomic E-state index is 11.5. The quantitative estimate of drug-likeness (QED) is 0.541. The van der Waals surface area contributed by atoms with Crippen molar-refractivity contribution in [2.45, 2.75) is 51.6 Å². The van der Waals surface area contributed by atoms with E-state index in [1.807, 2.05) is 30.3 Å². The van der Waals surface area contributed by atoms with Gasteiger partial charge in [0, 0.05) is 12.5 Å². The molecular formula is C25H28O3. The van der Waals surface area contributed by atoms with Crippen LogP contribution in [-0.4, -0.2) is 16.7 Å². The number of benzene rings is 2. The highest BCUT2D eigenvalue weighted by Gasteiger charge is 2.23. The standard InChI is InChI=1S/C25H28O3/c1-18(26)28-24-12-8-7-11-22(24)23(17-25(2,3)27)21-15-13-20(14-16-21)19-9-5-4-6-10-19/h4-12,15,17,20,27H,13-14,16H2,1-3H3/b23-17-. The highest BCUT2D eigenvalue weighted by molar-refractivity contribution is 5.84. The minimum Gasteiger partial charge on any atom is -0.426 e. The van der Waals surface area contributed by atoms with Crippen LogP contribution in [0.4, 0.5) is 0 Å². The first-order valence-electron chi connectivity index (χ1n) is 9.81. The van der Waals surface area contributed by atoms with Crippen LogP contribution in [0.3, 0.4) is 0 Å². The maximum Gasteiger partial charge on any atom is 0.308 e. The van der Waals surface area contributed by atoms with Gasteiger partial charge in [-0.1, -0.05) is 54.6 Å². The third-order valence-electron chi connectivity index (χ3n) is 4.96. The van der Waals surface area contributed by atoms with E-state index in [4.69, 9.17) is 4.74 Å². The van der Waals surface area contributed by atoms with Gasteiger partial charge in [-0.3, -0.25) is 4.79 Å². The molecule has 28 heavy (non-hydrogen) atoms. The van der Waals surface area contributed by atoms with Crippen LogP contribution in [0.5, 0.6) is 5.75 Å². The topological polar surface area (TPSA) is 46.5 Å². The normalized spacial score (nSPS) is 17.8. The van der Waals surface area contributed by atoms with Gasteiger partial charge in [0.2, 0.25) is 0 Å². The van der Waals surface area contributed by atoms with E-state index in [2.05, 4.69) is 30.3 Å². The molecule has 3 rings (SSSR count). The molecule has 1 aliphatic carbocycles.